The number of aliphatic hydroxyl groups is 2. The number of nitrogens with one attached hydrogen (secondary N) is 1. The first-order valence-electron chi connectivity index (χ1n) is 15.3. The van der Waals surface area contributed by atoms with E-state index in [2.05, 4.69) is 35.9 Å². The molecule has 6 atom stereocenters. The number of aromatic nitrogens is 3. The number of carbonyl (C=O) groups is 1. The Balaban J connectivity index is 1.31. The Morgan fingerprint density at radius 1 is 1.22 bits per heavy atom. The summed E-state index contributed by atoms with van der Waals surface area (Å²) in [6, 6.07) is 12.1. The molecule has 0 amide bonds. The molecule has 0 radical (unpaired) electrons. The standard InChI is InChI=1S/C31H41N6O8P/c1-19(29(40)43-21-12-10-20(11-13-21)30(2,3)4)36-46(41,45-22-8-6-5-7-9-22)42-17-31(16-32)27(39)25(38)26(44-31)23-14-15-24-28(33)34-18-35-37(23)24/h5-9,14-15,18-21,25-27,38-39H,10-13,17H2,1-4H3,(H,36,41)(H2,33,34,35)/t19-,20?,21?,25-,26-,27-,31+,46-/m0/s1. The number of rotatable bonds is 10. The first kappa shape index (κ1) is 33.8. The van der Waals surface area contributed by atoms with Crippen molar-refractivity contribution < 1.29 is 38.1 Å². The van der Waals surface area contributed by atoms with Crippen molar-refractivity contribution in [1.29, 1.82) is 5.26 Å². The molecule has 248 valence electrons. The molecule has 5 N–H and O–H groups in total. The minimum absolute atomic E-state index is 0.160. The van der Waals surface area contributed by atoms with Gasteiger partial charge in [0.2, 0.25) is 5.60 Å². The maximum Gasteiger partial charge on any atom is 0.459 e. The van der Waals surface area contributed by atoms with Crippen LogP contribution in [0.3, 0.4) is 0 Å². The third kappa shape index (κ3) is 7.05. The third-order valence-electron chi connectivity index (χ3n) is 8.75. The van der Waals surface area contributed by atoms with Gasteiger partial charge in [-0.2, -0.15) is 15.4 Å². The Hall–Kier alpha value is -3.57. The number of fused-ring (bicyclic) bond motifs is 1. The van der Waals surface area contributed by atoms with E-state index in [-0.39, 0.29) is 23.1 Å². The molecular weight excluding hydrogens is 615 g/mol. The number of nitriles is 1. The molecule has 3 aromatic rings. The summed E-state index contributed by atoms with van der Waals surface area (Å²) < 4.78 is 38.7. The van der Waals surface area contributed by atoms with Crippen LogP contribution in [0.5, 0.6) is 5.75 Å². The van der Waals surface area contributed by atoms with E-state index in [0.29, 0.717) is 17.1 Å². The maximum absolute atomic E-state index is 14.2. The van der Waals surface area contributed by atoms with Gasteiger partial charge in [0.1, 0.15) is 60.7 Å². The van der Waals surface area contributed by atoms with E-state index in [0.717, 1.165) is 25.7 Å². The second-order valence-electron chi connectivity index (χ2n) is 13.0. The van der Waals surface area contributed by atoms with Gasteiger partial charge in [-0.1, -0.05) is 39.0 Å². The van der Waals surface area contributed by atoms with E-state index >= 15 is 0 Å². The smallest absolute Gasteiger partial charge is 0.459 e. The van der Waals surface area contributed by atoms with Crippen molar-refractivity contribution in [2.24, 2.45) is 11.3 Å². The molecule has 1 saturated heterocycles. The Morgan fingerprint density at radius 3 is 2.57 bits per heavy atom. The molecule has 0 unspecified atom stereocenters. The number of esters is 1. The van der Waals surface area contributed by atoms with Gasteiger partial charge >= 0.3 is 13.7 Å². The van der Waals surface area contributed by atoms with Gasteiger partial charge in [-0.25, -0.2) is 14.1 Å². The van der Waals surface area contributed by atoms with Gasteiger partial charge in [-0.15, -0.1) is 0 Å². The van der Waals surface area contributed by atoms with Crippen LogP contribution < -0.4 is 15.3 Å². The second-order valence-corrected chi connectivity index (χ2v) is 14.7. The van der Waals surface area contributed by atoms with Crippen molar-refractivity contribution in [1.82, 2.24) is 19.7 Å². The van der Waals surface area contributed by atoms with Gasteiger partial charge in [0.05, 0.1) is 5.69 Å². The number of benzene rings is 1. The molecule has 2 aromatic heterocycles. The monoisotopic (exact) mass is 656 g/mol. The second kappa shape index (κ2) is 13.3. The first-order valence-corrected chi connectivity index (χ1v) is 16.8. The highest BCUT2D eigenvalue weighted by Crippen LogP contribution is 2.48. The molecule has 15 heteroatoms. The van der Waals surface area contributed by atoms with Gasteiger partial charge in [-0.3, -0.25) is 9.32 Å². The van der Waals surface area contributed by atoms with E-state index in [1.807, 2.05) is 6.07 Å². The van der Waals surface area contributed by atoms with Crippen LogP contribution in [0.25, 0.3) is 5.52 Å². The number of nitrogens with zero attached hydrogens (tertiary/aromatic N) is 4. The Labute approximate surface area is 267 Å². The lowest BCUT2D eigenvalue weighted by atomic mass is 9.72. The van der Waals surface area contributed by atoms with Crippen molar-refractivity contribution in [2.45, 2.75) is 89.4 Å². The van der Waals surface area contributed by atoms with Crippen LogP contribution in [-0.4, -0.2) is 67.3 Å². The van der Waals surface area contributed by atoms with Crippen molar-refractivity contribution in [2.75, 3.05) is 12.3 Å². The highest BCUT2D eigenvalue weighted by atomic mass is 31.2. The number of hydrogen-bond acceptors (Lipinski definition) is 12. The first-order chi connectivity index (χ1) is 21.7. The van der Waals surface area contributed by atoms with Crippen LogP contribution in [0.2, 0.25) is 0 Å². The fourth-order valence-electron chi connectivity index (χ4n) is 5.97. The maximum atomic E-state index is 14.2. The molecule has 1 saturated carbocycles. The third-order valence-corrected chi connectivity index (χ3v) is 10.4. The number of hydrogen-bond donors (Lipinski definition) is 4. The zero-order chi connectivity index (χ0) is 33.3. The molecule has 5 rings (SSSR count). The van der Waals surface area contributed by atoms with E-state index in [9.17, 15) is 24.8 Å². The fraction of sp³-hybridized carbons (Fsp3) is 0.548. The predicted octanol–water partition coefficient (Wildman–Crippen LogP) is 3.70. The minimum Gasteiger partial charge on any atom is -0.461 e. The summed E-state index contributed by atoms with van der Waals surface area (Å²) in [5.41, 5.74) is 4.64. The van der Waals surface area contributed by atoms with Gasteiger partial charge in [0.15, 0.2) is 5.82 Å². The summed E-state index contributed by atoms with van der Waals surface area (Å²) in [6.45, 7) is 7.30. The van der Waals surface area contributed by atoms with E-state index in [4.69, 9.17) is 24.3 Å². The largest absolute Gasteiger partial charge is 0.461 e. The molecule has 14 nitrogen and oxygen atoms in total. The van der Waals surface area contributed by atoms with E-state index in [1.165, 1.54) is 17.8 Å². The van der Waals surface area contributed by atoms with Gasteiger partial charge < -0.3 is 29.9 Å². The minimum atomic E-state index is -4.43. The SMILES string of the molecule is C[C@H](N[P@](=O)(OC[C@@]1(C#N)O[C@@H](c2ccc3c(N)ncnn23)[C@H](O)[C@@H]1O)Oc1ccccc1)C(=O)OC1CCC(C(C)(C)C)CC1. The summed E-state index contributed by atoms with van der Waals surface area (Å²) in [5, 5.41) is 39.0. The van der Waals surface area contributed by atoms with Crippen LogP contribution in [0.1, 0.15) is 65.2 Å². The van der Waals surface area contributed by atoms with E-state index in [1.54, 1.807) is 42.5 Å². The molecule has 2 aliphatic rings. The molecular formula is C31H41N6O8P. The van der Waals surface area contributed by atoms with Gasteiger partial charge in [0, 0.05) is 0 Å². The number of nitrogens with two attached hydrogens (primary N) is 1. The van der Waals surface area contributed by atoms with Crippen molar-refractivity contribution in [3.63, 3.8) is 0 Å². The topological polar surface area (TPSA) is 204 Å². The Morgan fingerprint density at radius 2 is 1.91 bits per heavy atom. The van der Waals surface area contributed by atoms with Crippen LogP contribution in [0, 0.1) is 22.7 Å². The van der Waals surface area contributed by atoms with Crippen molar-refractivity contribution in [3.05, 3.63) is 54.5 Å². The van der Waals surface area contributed by atoms with E-state index < -0.39 is 50.3 Å². The van der Waals surface area contributed by atoms with Gasteiger partial charge in [0.25, 0.3) is 0 Å². The highest BCUT2D eigenvalue weighted by molar-refractivity contribution is 7.52. The number of carbonyl (C=O) groups excluding carboxylic acids is 1. The molecule has 0 bridgehead atoms. The fourth-order valence-corrected chi connectivity index (χ4v) is 7.49. The summed E-state index contributed by atoms with van der Waals surface area (Å²) >= 11 is 0. The van der Waals surface area contributed by atoms with Crippen LogP contribution in [0.4, 0.5) is 5.82 Å². The Bertz CT molecular complexity index is 1620. The zero-order valence-corrected chi connectivity index (χ0v) is 27.2. The molecule has 2 fully saturated rings. The molecule has 1 aliphatic heterocycles. The molecule has 0 spiro atoms. The highest BCUT2D eigenvalue weighted by Gasteiger charge is 2.57. The normalized spacial score (nSPS) is 28.7. The lowest BCUT2D eigenvalue weighted by molar-refractivity contribution is -0.153. The number of anilines is 1. The molecule has 3 heterocycles. The number of aliphatic hydroxyl groups excluding tert-OH is 2. The molecule has 1 aliphatic carbocycles. The van der Waals surface area contributed by atoms with Crippen LogP contribution in [0.15, 0.2) is 48.8 Å². The summed E-state index contributed by atoms with van der Waals surface area (Å²) in [7, 11) is -4.43. The number of ether oxygens (including phenoxy) is 2. The molecule has 1 aromatic carbocycles. The number of nitrogen functional groups attached to an aromatic ring is 1. The zero-order valence-electron chi connectivity index (χ0n) is 26.3. The Kier molecular flexibility index (Phi) is 9.75. The number of para-hydroxylation sites is 1. The summed E-state index contributed by atoms with van der Waals surface area (Å²) in [6.07, 6.45) is -0.332. The quantitative estimate of drug-likeness (QED) is 0.182. The van der Waals surface area contributed by atoms with Crippen LogP contribution in [-0.2, 0) is 23.4 Å². The molecule has 46 heavy (non-hydrogen) atoms. The average molecular weight is 657 g/mol. The summed E-state index contributed by atoms with van der Waals surface area (Å²) in [4.78, 5) is 17.0. The lowest BCUT2D eigenvalue weighted by Crippen LogP contribution is -2.46. The lowest BCUT2D eigenvalue weighted by Gasteiger charge is -2.37. The van der Waals surface area contributed by atoms with Crippen molar-refractivity contribution >= 4 is 25.1 Å². The van der Waals surface area contributed by atoms with Gasteiger partial charge in [-0.05, 0) is 68.2 Å². The predicted molar refractivity (Wildman–Crippen MR) is 166 cm³/mol. The average Bonchev–Trinajstić information content (AvgIpc) is 3.56. The van der Waals surface area contributed by atoms with Crippen LogP contribution >= 0.6 is 7.75 Å². The summed E-state index contributed by atoms with van der Waals surface area (Å²) in [5.74, 6) is 0.240. The van der Waals surface area contributed by atoms with Crippen molar-refractivity contribution in [3.8, 4) is 11.8 Å².